The smallest absolute Gasteiger partial charge is 0.322 e. The minimum atomic E-state index is -4.09. The monoisotopic (exact) mass is 442 g/mol. The molecule has 1 unspecified atom stereocenters. The van der Waals surface area contributed by atoms with Gasteiger partial charge in [-0.1, -0.05) is 12.1 Å². The number of aromatic nitrogens is 2. The highest BCUT2D eigenvalue weighted by Crippen LogP contribution is 2.30. The van der Waals surface area contributed by atoms with Gasteiger partial charge in [0.2, 0.25) is 10.0 Å². The van der Waals surface area contributed by atoms with Crippen LogP contribution in [0.3, 0.4) is 0 Å². The number of rotatable bonds is 5. The van der Waals surface area contributed by atoms with Crippen LogP contribution in [0.15, 0.2) is 59.8 Å². The third-order valence-electron chi connectivity index (χ3n) is 5.34. The lowest BCUT2D eigenvalue weighted by atomic mass is 10.1. The second kappa shape index (κ2) is 7.60. The number of nitrogens with zero attached hydrogens (tertiary/aromatic N) is 4. The van der Waals surface area contributed by atoms with Crippen LogP contribution < -0.4 is 0 Å². The van der Waals surface area contributed by atoms with E-state index in [1.807, 2.05) is 0 Å². The van der Waals surface area contributed by atoms with E-state index in [1.54, 1.807) is 42.2 Å². The lowest BCUT2D eigenvalue weighted by Crippen LogP contribution is -2.48. The fourth-order valence-electron chi connectivity index (χ4n) is 3.63. The Labute approximate surface area is 177 Å². The zero-order valence-electron chi connectivity index (χ0n) is 16.4. The third-order valence-corrected chi connectivity index (χ3v) is 7.21. The largest absolute Gasteiger partial charge is 0.480 e. The Bertz CT molecular complexity index is 1270. The maximum Gasteiger partial charge on any atom is 0.322 e. The summed E-state index contributed by atoms with van der Waals surface area (Å²) in [6.45, 7) is -0.125. The van der Waals surface area contributed by atoms with E-state index >= 15 is 0 Å². The van der Waals surface area contributed by atoms with Gasteiger partial charge in [-0.05, 0) is 35.4 Å². The minimum Gasteiger partial charge on any atom is -0.480 e. The summed E-state index contributed by atoms with van der Waals surface area (Å²) in [6.07, 6.45) is 1.57. The van der Waals surface area contributed by atoms with Gasteiger partial charge < -0.3 is 9.67 Å². The van der Waals surface area contributed by atoms with E-state index in [9.17, 15) is 28.4 Å². The third kappa shape index (κ3) is 3.68. The second-order valence-corrected chi connectivity index (χ2v) is 9.08. The molecule has 1 aromatic heterocycles. The summed E-state index contributed by atoms with van der Waals surface area (Å²) >= 11 is 0. The minimum absolute atomic E-state index is 0.0290. The molecule has 31 heavy (non-hydrogen) atoms. The Morgan fingerprint density at radius 1 is 1.13 bits per heavy atom. The van der Waals surface area contributed by atoms with Crippen LogP contribution in [-0.2, 0) is 34.8 Å². The Morgan fingerprint density at radius 3 is 2.26 bits per heavy atom. The van der Waals surface area contributed by atoms with Gasteiger partial charge in [-0.2, -0.15) is 4.31 Å². The number of hydrogen-bond donors (Lipinski definition) is 1. The molecule has 1 aliphatic rings. The van der Waals surface area contributed by atoms with Crippen molar-refractivity contribution in [3.05, 3.63) is 76.4 Å². The van der Waals surface area contributed by atoms with E-state index in [1.165, 1.54) is 24.3 Å². The fraction of sp³-hybridized carbons (Fsp3) is 0.200. The zero-order valence-corrected chi connectivity index (χ0v) is 17.2. The average Bonchev–Trinajstić information content (AvgIpc) is 3.13. The van der Waals surface area contributed by atoms with Crippen LogP contribution in [0, 0.1) is 10.1 Å². The molecule has 0 radical (unpaired) electrons. The molecule has 1 N–H and O–H groups in total. The van der Waals surface area contributed by atoms with Crippen molar-refractivity contribution in [1.29, 1.82) is 0 Å². The molecule has 10 nitrogen and oxygen atoms in total. The quantitative estimate of drug-likeness (QED) is 0.472. The summed E-state index contributed by atoms with van der Waals surface area (Å²) < 4.78 is 29.1. The molecular weight excluding hydrogens is 424 g/mol. The van der Waals surface area contributed by atoms with Gasteiger partial charge in [0.05, 0.1) is 28.4 Å². The number of fused-ring (bicyclic) bond motifs is 1. The number of imidazole rings is 1. The highest BCUT2D eigenvalue weighted by molar-refractivity contribution is 7.89. The summed E-state index contributed by atoms with van der Waals surface area (Å²) in [6, 6.07) is 10.6. The van der Waals surface area contributed by atoms with Gasteiger partial charge in [0.25, 0.3) is 5.69 Å². The van der Waals surface area contributed by atoms with Crippen LogP contribution in [0.2, 0.25) is 0 Å². The van der Waals surface area contributed by atoms with Gasteiger partial charge in [-0.15, -0.1) is 0 Å². The van der Waals surface area contributed by atoms with Gasteiger partial charge in [-0.3, -0.25) is 14.9 Å². The molecule has 4 rings (SSSR count). The van der Waals surface area contributed by atoms with Crippen LogP contribution in [-0.4, -0.2) is 44.3 Å². The molecule has 2 aromatic carbocycles. The van der Waals surface area contributed by atoms with Crippen LogP contribution in [0.25, 0.3) is 11.1 Å². The molecule has 0 bridgehead atoms. The summed E-state index contributed by atoms with van der Waals surface area (Å²) in [5, 5.41) is 20.4. The number of nitro benzene ring substituents is 1. The van der Waals surface area contributed by atoms with Crippen LogP contribution in [0.1, 0.15) is 11.4 Å². The lowest BCUT2D eigenvalue weighted by Gasteiger charge is -2.31. The summed E-state index contributed by atoms with van der Waals surface area (Å²) in [5.74, 6) is -1.22. The Morgan fingerprint density at radius 2 is 1.71 bits per heavy atom. The van der Waals surface area contributed by atoms with Gasteiger partial charge in [0, 0.05) is 31.3 Å². The van der Waals surface area contributed by atoms with Crippen molar-refractivity contribution in [3.8, 4) is 11.1 Å². The van der Waals surface area contributed by atoms with Crippen molar-refractivity contribution in [2.75, 3.05) is 0 Å². The summed E-state index contributed by atoms with van der Waals surface area (Å²) in [7, 11) is -2.35. The van der Waals surface area contributed by atoms with E-state index in [-0.39, 0.29) is 23.5 Å². The average molecular weight is 442 g/mol. The van der Waals surface area contributed by atoms with Gasteiger partial charge in [0.1, 0.15) is 6.04 Å². The maximum absolute atomic E-state index is 13.2. The highest BCUT2D eigenvalue weighted by atomic mass is 32.2. The Hall–Kier alpha value is -3.57. The van der Waals surface area contributed by atoms with Gasteiger partial charge >= 0.3 is 5.97 Å². The number of carbonyl (C=O) groups is 1. The van der Waals surface area contributed by atoms with Crippen molar-refractivity contribution in [3.63, 3.8) is 0 Å². The molecule has 1 atom stereocenters. The first-order chi connectivity index (χ1) is 14.7. The first-order valence-corrected chi connectivity index (χ1v) is 10.7. The second-order valence-electron chi connectivity index (χ2n) is 7.19. The number of carboxylic acids is 1. The topological polar surface area (TPSA) is 136 Å². The van der Waals surface area contributed by atoms with Crippen LogP contribution in [0.4, 0.5) is 5.69 Å². The number of non-ortho nitro benzene ring substituents is 1. The number of aliphatic carboxylic acids is 1. The lowest BCUT2D eigenvalue weighted by molar-refractivity contribution is -0.384. The molecule has 0 saturated heterocycles. The molecule has 0 fully saturated rings. The van der Waals surface area contributed by atoms with E-state index in [0.717, 1.165) is 4.31 Å². The van der Waals surface area contributed by atoms with E-state index in [0.29, 0.717) is 22.5 Å². The first-order valence-electron chi connectivity index (χ1n) is 9.27. The standard InChI is InChI=1S/C20H18N4O6S/c1-22-12-21-17-11-23(19(20(25)26)10-18(17)22)31(29,30)16-8-4-14(5-9-16)13-2-6-15(7-3-13)24(27)28/h2-9,12,19H,10-11H2,1H3,(H,25,26). The van der Waals surface area contributed by atoms with E-state index in [4.69, 9.17) is 0 Å². The van der Waals surface area contributed by atoms with Crippen molar-refractivity contribution < 1.29 is 23.2 Å². The number of aryl methyl sites for hydroxylation is 1. The number of carboxylic acid groups (broad SMARTS) is 1. The molecule has 11 heteroatoms. The van der Waals surface area contributed by atoms with Crippen molar-refractivity contribution in [2.24, 2.45) is 7.05 Å². The SMILES string of the molecule is Cn1cnc2c1CC(C(=O)O)N(S(=O)(=O)c1ccc(-c3ccc([N+](=O)[O-])cc3)cc1)C2. The Balaban J connectivity index is 1.65. The first kappa shape index (κ1) is 20.7. The highest BCUT2D eigenvalue weighted by Gasteiger charge is 2.41. The van der Waals surface area contributed by atoms with Gasteiger partial charge in [-0.25, -0.2) is 13.4 Å². The zero-order chi connectivity index (χ0) is 22.3. The van der Waals surface area contributed by atoms with Crippen molar-refractivity contribution >= 4 is 21.7 Å². The Kier molecular flexibility index (Phi) is 5.07. The van der Waals surface area contributed by atoms with Crippen LogP contribution in [0.5, 0.6) is 0 Å². The van der Waals surface area contributed by atoms with E-state index in [2.05, 4.69) is 4.98 Å². The van der Waals surface area contributed by atoms with Crippen molar-refractivity contribution in [1.82, 2.24) is 13.9 Å². The molecule has 1 aliphatic heterocycles. The number of nitro groups is 1. The van der Waals surface area contributed by atoms with Crippen LogP contribution >= 0.6 is 0 Å². The maximum atomic E-state index is 13.2. The molecule has 0 amide bonds. The molecule has 2 heterocycles. The van der Waals surface area contributed by atoms with Crippen molar-refractivity contribution in [2.45, 2.75) is 23.9 Å². The molecular formula is C20H18N4O6S. The van der Waals surface area contributed by atoms with Gasteiger partial charge in [0.15, 0.2) is 0 Å². The predicted octanol–water partition coefficient (Wildman–Crippen LogP) is 2.20. The predicted molar refractivity (Wildman–Crippen MR) is 110 cm³/mol. The number of hydrogen-bond acceptors (Lipinski definition) is 6. The molecule has 0 saturated carbocycles. The fourth-order valence-corrected chi connectivity index (χ4v) is 5.18. The molecule has 160 valence electrons. The normalized spacial score (nSPS) is 16.6. The number of benzene rings is 2. The summed E-state index contributed by atoms with van der Waals surface area (Å²) in [4.78, 5) is 26.3. The number of sulfonamides is 1. The molecule has 3 aromatic rings. The molecule has 0 spiro atoms. The molecule has 0 aliphatic carbocycles. The summed E-state index contributed by atoms with van der Waals surface area (Å²) in [5.41, 5.74) is 2.56. The van der Waals surface area contributed by atoms with E-state index < -0.39 is 27.0 Å².